The fourth-order valence-corrected chi connectivity index (χ4v) is 2.03. The minimum atomic E-state index is -0.151. The van der Waals surface area contributed by atoms with Crippen molar-refractivity contribution in [1.29, 1.82) is 0 Å². The van der Waals surface area contributed by atoms with Crippen LogP contribution in [0.5, 0.6) is 0 Å². The molecule has 17 heavy (non-hydrogen) atoms. The van der Waals surface area contributed by atoms with Gasteiger partial charge in [0.1, 0.15) is 5.69 Å². The quantitative estimate of drug-likeness (QED) is 0.870. The maximum absolute atomic E-state index is 11.8. The molecule has 0 aliphatic heterocycles. The third-order valence-electron chi connectivity index (χ3n) is 3.18. The van der Waals surface area contributed by atoms with Crippen LogP contribution in [0.4, 0.5) is 0 Å². The molecule has 92 valence electrons. The van der Waals surface area contributed by atoms with Crippen LogP contribution >= 0.6 is 15.9 Å². The van der Waals surface area contributed by atoms with Crippen molar-refractivity contribution in [3.05, 3.63) is 28.5 Å². The third-order valence-corrected chi connectivity index (χ3v) is 3.65. The second kappa shape index (κ2) is 5.14. The van der Waals surface area contributed by atoms with Crippen molar-refractivity contribution in [2.45, 2.75) is 19.3 Å². The number of halogens is 1. The fraction of sp³-hybridized carbons (Fsp3) is 0.500. The molecule has 5 heteroatoms. The average Bonchev–Trinajstić information content (AvgIpc) is 3.08. The highest BCUT2D eigenvalue weighted by Crippen LogP contribution is 2.47. The Morgan fingerprint density at radius 3 is 2.82 bits per heavy atom. The molecule has 1 aromatic rings. The first-order valence-corrected chi connectivity index (χ1v) is 6.45. The highest BCUT2D eigenvalue weighted by atomic mass is 79.9. The second-order valence-electron chi connectivity index (χ2n) is 4.52. The summed E-state index contributed by atoms with van der Waals surface area (Å²) in [5, 5.41) is 11.8. The van der Waals surface area contributed by atoms with Crippen LogP contribution in [0.3, 0.4) is 0 Å². The first kappa shape index (κ1) is 12.5. The number of aliphatic hydroxyl groups excluding tert-OH is 1. The van der Waals surface area contributed by atoms with Gasteiger partial charge in [0.2, 0.25) is 0 Å². The molecular formula is C12H15BrN2O2. The number of aliphatic hydroxyl groups is 1. The number of pyridine rings is 1. The van der Waals surface area contributed by atoms with Crippen LogP contribution < -0.4 is 5.32 Å². The molecule has 0 radical (unpaired) electrons. The molecule has 0 spiro atoms. The Labute approximate surface area is 109 Å². The highest BCUT2D eigenvalue weighted by Gasteiger charge is 2.41. The van der Waals surface area contributed by atoms with E-state index in [0.717, 1.165) is 23.7 Å². The Hall–Kier alpha value is -0.940. The molecule has 1 amide bonds. The molecule has 0 saturated heterocycles. The summed E-state index contributed by atoms with van der Waals surface area (Å²) >= 11 is 3.27. The Bertz CT molecular complexity index is 401. The normalized spacial score (nSPS) is 16.6. The van der Waals surface area contributed by atoms with Crippen LogP contribution in [0.15, 0.2) is 22.8 Å². The van der Waals surface area contributed by atoms with Gasteiger partial charge in [-0.1, -0.05) is 0 Å². The molecule has 1 heterocycles. The summed E-state index contributed by atoms with van der Waals surface area (Å²) < 4.78 is 0.855. The van der Waals surface area contributed by atoms with Gasteiger partial charge in [-0.15, -0.1) is 0 Å². The SMILES string of the molecule is O=C(NCC1(CCO)CC1)c1ccc(Br)cn1. The molecule has 0 atom stereocenters. The number of rotatable bonds is 5. The van der Waals surface area contributed by atoms with Gasteiger partial charge >= 0.3 is 0 Å². The Morgan fingerprint density at radius 1 is 1.53 bits per heavy atom. The number of hydrogen-bond donors (Lipinski definition) is 2. The van der Waals surface area contributed by atoms with Gasteiger partial charge in [-0.25, -0.2) is 4.98 Å². The Morgan fingerprint density at radius 2 is 2.29 bits per heavy atom. The molecular weight excluding hydrogens is 284 g/mol. The van der Waals surface area contributed by atoms with E-state index >= 15 is 0 Å². The van der Waals surface area contributed by atoms with E-state index in [1.165, 1.54) is 0 Å². The lowest BCUT2D eigenvalue weighted by Crippen LogP contribution is -2.31. The fourth-order valence-electron chi connectivity index (χ4n) is 1.80. The molecule has 2 rings (SSSR count). The lowest BCUT2D eigenvalue weighted by Gasteiger charge is -2.14. The molecule has 0 bridgehead atoms. The zero-order valence-electron chi connectivity index (χ0n) is 9.45. The molecule has 1 aliphatic carbocycles. The summed E-state index contributed by atoms with van der Waals surface area (Å²) in [6.07, 6.45) is 4.54. The van der Waals surface area contributed by atoms with E-state index in [4.69, 9.17) is 5.11 Å². The van der Waals surface area contributed by atoms with Crippen molar-refractivity contribution in [2.75, 3.05) is 13.2 Å². The van der Waals surface area contributed by atoms with E-state index in [1.807, 2.05) is 0 Å². The predicted octanol–water partition coefficient (Wildman–Crippen LogP) is 1.74. The molecule has 1 fully saturated rings. The second-order valence-corrected chi connectivity index (χ2v) is 5.43. The number of nitrogens with one attached hydrogen (secondary N) is 1. The summed E-state index contributed by atoms with van der Waals surface area (Å²) in [6.45, 7) is 0.816. The number of nitrogens with zero attached hydrogens (tertiary/aromatic N) is 1. The molecule has 1 aromatic heterocycles. The summed E-state index contributed by atoms with van der Waals surface area (Å²) in [5.41, 5.74) is 0.563. The zero-order chi connectivity index (χ0) is 12.3. The molecule has 1 aliphatic rings. The van der Waals surface area contributed by atoms with E-state index < -0.39 is 0 Å². The maximum atomic E-state index is 11.8. The summed E-state index contributed by atoms with van der Waals surface area (Å²) in [6, 6.07) is 3.48. The van der Waals surface area contributed by atoms with Gasteiger partial charge in [-0.2, -0.15) is 0 Å². The van der Waals surface area contributed by atoms with Crippen LogP contribution in [0.25, 0.3) is 0 Å². The summed E-state index contributed by atoms with van der Waals surface area (Å²) in [7, 11) is 0. The lowest BCUT2D eigenvalue weighted by atomic mass is 10.0. The standard InChI is InChI=1S/C12H15BrN2O2/c13-9-1-2-10(14-7-9)11(17)15-8-12(3-4-12)5-6-16/h1-2,7,16H,3-6,8H2,(H,15,17). The smallest absolute Gasteiger partial charge is 0.269 e. The van der Waals surface area contributed by atoms with Crippen molar-refractivity contribution in [2.24, 2.45) is 5.41 Å². The van der Waals surface area contributed by atoms with E-state index in [0.29, 0.717) is 12.2 Å². The van der Waals surface area contributed by atoms with Gasteiger partial charge in [-0.3, -0.25) is 4.79 Å². The molecule has 0 aromatic carbocycles. The minimum absolute atomic E-state index is 0.139. The number of hydrogen-bond acceptors (Lipinski definition) is 3. The minimum Gasteiger partial charge on any atom is -0.396 e. The van der Waals surface area contributed by atoms with Gasteiger partial charge in [-0.05, 0) is 52.7 Å². The topological polar surface area (TPSA) is 62.2 Å². The number of aromatic nitrogens is 1. The van der Waals surface area contributed by atoms with Crippen molar-refractivity contribution < 1.29 is 9.90 Å². The van der Waals surface area contributed by atoms with Crippen molar-refractivity contribution in [3.63, 3.8) is 0 Å². The molecule has 4 nitrogen and oxygen atoms in total. The van der Waals surface area contributed by atoms with Crippen LogP contribution in [0.2, 0.25) is 0 Å². The number of carbonyl (C=O) groups is 1. The highest BCUT2D eigenvalue weighted by molar-refractivity contribution is 9.10. The van der Waals surface area contributed by atoms with Crippen molar-refractivity contribution in [1.82, 2.24) is 10.3 Å². The third kappa shape index (κ3) is 3.26. The molecule has 2 N–H and O–H groups in total. The monoisotopic (exact) mass is 298 g/mol. The van der Waals surface area contributed by atoms with Crippen molar-refractivity contribution >= 4 is 21.8 Å². The Balaban J connectivity index is 1.87. The van der Waals surface area contributed by atoms with E-state index in [2.05, 4.69) is 26.2 Å². The van der Waals surface area contributed by atoms with Gasteiger partial charge in [0.15, 0.2) is 0 Å². The van der Waals surface area contributed by atoms with E-state index in [-0.39, 0.29) is 17.9 Å². The summed E-state index contributed by atoms with van der Waals surface area (Å²) in [4.78, 5) is 15.8. The van der Waals surface area contributed by atoms with E-state index in [1.54, 1.807) is 18.3 Å². The maximum Gasteiger partial charge on any atom is 0.269 e. The zero-order valence-corrected chi connectivity index (χ0v) is 11.0. The van der Waals surface area contributed by atoms with Gasteiger partial charge in [0.05, 0.1) is 0 Å². The Kier molecular flexibility index (Phi) is 3.79. The molecule has 1 saturated carbocycles. The average molecular weight is 299 g/mol. The number of carbonyl (C=O) groups excluding carboxylic acids is 1. The first-order valence-electron chi connectivity index (χ1n) is 5.66. The lowest BCUT2D eigenvalue weighted by molar-refractivity contribution is 0.0936. The van der Waals surface area contributed by atoms with E-state index in [9.17, 15) is 4.79 Å². The van der Waals surface area contributed by atoms with Gasteiger partial charge in [0, 0.05) is 23.8 Å². The van der Waals surface area contributed by atoms with Crippen LogP contribution in [-0.4, -0.2) is 29.1 Å². The largest absolute Gasteiger partial charge is 0.396 e. The van der Waals surface area contributed by atoms with Gasteiger partial charge in [0.25, 0.3) is 5.91 Å². The predicted molar refractivity (Wildman–Crippen MR) is 67.6 cm³/mol. The van der Waals surface area contributed by atoms with Crippen LogP contribution in [0.1, 0.15) is 29.8 Å². The molecule has 0 unspecified atom stereocenters. The summed E-state index contributed by atoms with van der Waals surface area (Å²) in [5.74, 6) is -0.151. The van der Waals surface area contributed by atoms with Gasteiger partial charge < -0.3 is 10.4 Å². The van der Waals surface area contributed by atoms with Crippen LogP contribution in [0, 0.1) is 5.41 Å². The first-order chi connectivity index (χ1) is 8.15. The van der Waals surface area contributed by atoms with Crippen molar-refractivity contribution in [3.8, 4) is 0 Å². The van der Waals surface area contributed by atoms with Crippen LogP contribution in [-0.2, 0) is 0 Å². The number of amides is 1.